The zero-order chi connectivity index (χ0) is 14.9. The maximum absolute atomic E-state index is 11.8. The van der Waals surface area contributed by atoms with Crippen LogP contribution in [0.4, 0.5) is 0 Å². The summed E-state index contributed by atoms with van der Waals surface area (Å²) in [5.41, 5.74) is 1.31. The normalized spacial score (nSPS) is 22.4. The zero-order valence-electron chi connectivity index (χ0n) is 11.1. The van der Waals surface area contributed by atoms with Crippen LogP contribution in [0.15, 0.2) is 29.3 Å². The first-order valence-corrected chi connectivity index (χ1v) is 6.49. The topological polar surface area (TPSA) is 70.0 Å². The van der Waals surface area contributed by atoms with Crippen LogP contribution >= 0.6 is 12.2 Å². The van der Waals surface area contributed by atoms with Crippen LogP contribution in [0.25, 0.3) is 0 Å². The van der Waals surface area contributed by atoms with E-state index in [0.29, 0.717) is 5.71 Å². The highest BCUT2D eigenvalue weighted by Crippen LogP contribution is 2.33. The number of aldehydes is 1. The molecule has 20 heavy (non-hydrogen) atoms. The highest BCUT2D eigenvalue weighted by Gasteiger charge is 2.38. The molecule has 2 atom stereocenters. The number of carbonyl (C=O) groups excluding carboxylic acids is 2. The van der Waals surface area contributed by atoms with Gasteiger partial charge in [0.05, 0.1) is 12.0 Å². The fourth-order valence-electron chi connectivity index (χ4n) is 2.32. The Labute approximate surface area is 121 Å². The molecule has 0 fully saturated rings. The molecule has 1 N–H and O–H groups in total. The summed E-state index contributed by atoms with van der Waals surface area (Å²) in [6, 6.07) is 5.86. The minimum Gasteiger partial charge on any atom is -0.508 e. The van der Waals surface area contributed by atoms with Crippen molar-refractivity contribution in [2.75, 3.05) is 0 Å². The number of amides is 1. The standard InChI is InChI=1S/C14H14N2O3S/c1-8-12(7-17)13(10-3-5-11(19)6-4-10)16(9(2)18)14(20)15-8/h3-7,12-13,19H,1-2H3. The summed E-state index contributed by atoms with van der Waals surface area (Å²) in [6.07, 6.45) is 0.772. The maximum Gasteiger partial charge on any atom is 0.226 e. The molecule has 0 spiro atoms. The van der Waals surface area contributed by atoms with E-state index in [1.807, 2.05) is 0 Å². The monoisotopic (exact) mass is 290 g/mol. The van der Waals surface area contributed by atoms with Crippen molar-refractivity contribution in [3.63, 3.8) is 0 Å². The number of rotatable bonds is 2. The fourth-order valence-corrected chi connectivity index (χ4v) is 2.70. The van der Waals surface area contributed by atoms with E-state index in [1.165, 1.54) is 24.0 Å². The average molecular weight is 290 g/mol. The highest BCUT2D eigenvalue weighted by molar-refractivity contribution is 7.80. The Hall–Kier alpha value is -2.08. The van der Waals surface area contributed by atoms with Crippen LogP contribution in [0, 0.1) is 5.92 Å². The summed E-state index contributed by atoms with van der Waals surface area (Å²) in [5.74, 6) is -0.694. The second-order valence-electron chi connectivity index (χ2n) is 4.62. The van der Waals surface area contributed by atoms with Crippen molar-refractivity contribution in [3.8, 4) is 5.75 Å². The summed E-state index contributed by atoms with van der Waals surface area (Å²) < 4.78 is 0. The van der Waals surface area contributed by atoms with Gasteiger partial charge >= 0.3 is 0 Å². The van der Waals surface area contributed by atoms with Crippen molar-refractivity contribution in [1.29, 1.82) is 0 Å². The zero-order valence-corrected chi connectivity index (χ0v) is 11.9. The third-order valence-electron chi connectivity index (χ3n) is 3.30. The number of carbonyl (C=O) groups is 2. The maximum atomic E-state index is 11.8. The van der Waals surface area contributed by atoms with Crippen LogP contribution < -0.4 is 0 Å². The number of hydrogen-bond acceptors (Lipinski definition) is 4. The number of phenols is 1. The lowest BCUT2D eigenvalue weighted by atomic mass is 9.88. The van der Waals surface area contributed by atoms with E-state index < -0.39 is 12.0 Å². The largest absolute Gasteiger partial charge is 0.508 e. The van der Waals surface area contributed by atoms with E-state index in [0.717, 1.165) is 11.8 Å². The first kappa shape index (κ1) is 14.3. The van der Waals surface area contributed by atoms with Crippen LogP contribution in [-0.2, 0) is 9.59 Å². The summed E-state index contributed by atoms with van der Waals surface area (Å²) in [4.78, 5) is 28.7. The number of aromatic hydroxyl groups is 1. The molecule has 5 nitrogen and oxygen atoms in total. The van der Waals surface area contributed by atoms with Gasteiger partial charge in [0, 0.05) is 12.6 Å². The van der Waals surface area contributed by atoms with Crippen molar-refractivity contribution in [2.24, 2.45) is 10.9 Å². The second-order valence-corrected chi connectivity index (χ2v) is 4.99. The predicted octanol–water partition coefficient (Wildman–Crippen LogP) is 1.86. The molecular weight excluding hydrogens is 276 g/mol. The van der Waals surface area contributed by atoms with Crippen LogP contribution in [0.1, 0.15) is 25.5 Å². The molecule has 0 radical (unpaired) electrons. The van der Waals surface area contributed by atoms with Gasteiger partial charge in [-0.15, -0.1) is 0 Å². The SMILES string of the molecule is CC(=O)N1C(=S)N=C(C)C(C=O)C1c1ccc(O)cc1. The lowest BCUT2D eigenvalue weighted by Gasteiger charge is -2.37. The first-order chi connectivity index (χ1) is 9.45. The minimum atomic E-state index is -0.546. The number of phenolic OH excluding ortho intramolecular Hbond substituents is 1. The molecule has 0 saturated heterocycles. The number of benzene rings is 1. The Bertz CT molecular complexity index is 595. The molecule has 0 aromatic heterocycles. The first-order valence-electron chi connectivity index (χ1n) is 6.09. The van der Waals surface area contributed by atoms with Gasteiger partial charge in [0.1, 0.15) is 12.0 Å². The number of nitrogens with zero attached hydrogens (tertiary/aromatic N) is 2. The quantitative estimate of drug-likeness (QED) is 0.666. The lowest BCUT2D eigenvalue weighted by molar-refractivity contribution is -0.127. The van der Waals surface area contributed by atoms with E-state index in [1.54, 1.807) is 19.1 Å². The summed E-state index contributed by atoms with van der Waals surface area (Å²) in [5, 5.41) is 9.52. The van der Waals surface area contributed by atoms with Crippen molar-refractivity contribution >= 4 is 35.2 Å². The number of aliphatic imine (C=N–C) groups is 1. The number of thiocarbonyl (C=S) groups is 1. The van der Waals surface area contributed by atoms with Crippen LogP contribution in [0.2, 0.25) is 0 Å². The number of hydrogen-bond donors (Lipinski definition) is 1. The fraction of sp³-hybridized carbons (Fsp3) is 0.286. The molecule has 2 rings (SSSR count). The summed E-state index contributed by atoms with van der Waals surface area (Å²) >= 11 is 5.14. The van der Waals surface area contributed by atoms with Gasteiger partial charge in [-0.1, -0.05) is 12.1 Å². The Balaban J connectivity index is 2.56. The Morgan fingerprint density at radius 3 is 2.50 bits per heavy atom. The van der Waals surface area contributed by atoms with Gasteiger partial charge < -0.3 is 9.90 Å². The van der Waals surface area contributed by atoms with E-state index in [4.69, 9.17) is 12.2 Å². The molecule has 6 heteroatoms. The molecule has 0 saturated carbocycles. The van der Waals surface area contributed by atoms with Crippen molar-refractivity contribution in [1.82, 2.24) is 4.90 Å². The van der Waals surface area contributed by atoms with Gasteiger partial charge in [-0.2, -0.15) is 0 Å². The van der Waals surface area contributed by atoms with Crippen molar-refractivity contribution < 1.29 is 14.7 Å². The predicted molar refractivity (Wildman–Crippen MR) is 78.6 cm³/mol. The second kappa shape index (κ2) is 5.50. The average Bonchev–Trinajstić information content (AvgIpc) is 2.38. The molecule has 1 amide bonds. The highest BCUT2D eigenvalue weighted by atomic mass is 32.1. The van der Waals surface area contributed by atoms with Gasteiger partial charge in [0.25, 0.3) is 0 Å². The van der Waals surface area contributed by atoms with Crippen LogP contribution in [0.3, 0.4) is 0 Å². The third-order valence-corrected chi connectivity index (χ3v) is 3.59. The third kappa shape index (κ3) is 2.46. The Kier molecular flexibility index (Phi) is 3.94. The van der Waals surface area contributed by atoms with Crippen LogP contribution in [-0.4, -0.2) is 33.0 Å². The molecule has 104 valence electrons. The smallest absolute Gasteiger partial charge is 0.226 e. The lowest BCUT2D eigenvalue weighted by Crippen LogP contribution is -2.46. The molecule has 1 aromatic carbocycles. The summed E-state index contributed by atoms with van der Waals surface area (Å²) in [7, 11) is 0. The van der Waals surface area contributed by atoms with E-state index in [9.17, 15) is 14.7 Å². The van der Waals surface area contributed by atoms with E-state index in [2.05, 4.69) is 4.99 Å². The molecule has 1 heterocycles. The molecule has 2 unspecified atom stereocenters. The Morgan fingerprint density at radius 1 is 1.40 bits per heavy atom. The van der Waals surface area contributed by atoms with Gasteiger partial charge in [-0.05, 0) is 36.8 Å². The molecule has 1 aliphatic rings. The van der Waals surface area contributed by atoms with Gasteiger partial charge in [-0.3, -0.25) is 9.69 Å². The van der Waals surface area contributed by atoms with Gasteiger partial charge in [-0.25, -0.2) is 4.99 Å². The van der Waals surface area contributed by atoms with Crippen molar-refractivity contribution in [3.05, 3.63) is 29.8 Å². The molecule has 0 aliphatic carbocycles. The van der Waals surface area contributed by atoms with Gasteiger partial charge in [0.15, 0.2) is 0 Å². The van der Waals surface area contributed by atoms with Crippen LogP contribution in [0.5, 0.6) is 5.75 Å². The molecule has 0 bridgehead atoms. The van der Waals surface area contributed by atoms with Crippen molar-refractivity contribution in [2.45, 2.75) is 19.9 Å². The Morgan fingerprint density at radius 2 is 2.00 bits per heavy atom. The van der Waals surface area contributed by atoms with E-state index >= 15 is 0 Å². The molecular formula is C14H14N2O3S. The minimum absolute atomic E-state index is 0.120. The molecule has 1 aliphatic heterocycles. The van der Waals surface area contributed by atoms with E-state index in [-0.39, 0.29) is 16.8 Å². The van der Waals surface area contributed by atoms with Gasteiger partial charge in [0.2, 0.25) is 11.0 Å². The molecule has 1 aromatic rings. The summed E-state index contributed by atoms with van der Waals surface area (Å²) in [6.45, 7) is 3.11.